The van der Waals surface area contributed by atoms with Crippen LogP contribution >= 0.6 is 0 Å². The molecule has 0 saturated carbocycles. The standard InChI is InChI=1S/C18H15FO4/c1-2-21-17-9-12-7-8-14(10-16(12)23-18(17)20)22-11-13-5-3-4-6-15(13)19/h3-10H,2,11H2,1H3. The highest BCUT2D eigenvalue weighted by atomic mass is 19.1. The van der Waals surface area contributed by atoms with Crippen molar-refractivity contribution < 1.29 is 18.3 Å². The zero-order valence-corrected chi connectivity index (χ0v) is 12.5. The molecular weight excluding hydrogens is 299 g/mol. The summed E-state index contributed by atoms with van der Waals surface area (Å²) in [6.07, 6.45) is 0. The second-order valence-corrected chi connectivity index (χ2v) is 4.91. The van der Waals surface area contributed by atoms with E-state index in [1.165, 1.54) is 6.07 Å². The van der Waals surface area contributed by atoms with Crippen LogP contribution in [-0.4, -0.2) is 6.61 Å². The van der Waals surface area contributed by atoms with Gasteiger partial charge in [0.05, 0.1) is 6.61 Å². The van der Waals surface area contributed by atoms with Crippen LogP contribution in [0.1, 0.15) is 12.5 Å². The molecule has 1 heterocycles. The van der Waals surface area contributed by atoms with Crippen molar-refractivity contribution in [3.05, 3.63) is 70.3 Å². The van der Waals surface area contributed by atoms with E-state index < -0.39 is 5.63 Å². The van der Waals surface area contributed by atoms with Crippen molar-refractivity contribution in [2.24, 2.45) is 0 Å². The van der Waals surface area contributed by atoms with E-state index in [4.69, 9.17) is 13.9 Å². The van der Waals surface area contributed by atoms with Crippen molar-refractivity contribution in [2.45, 2.75) is 13.5 Å². The van der Waals surface area contributed by atoms with Gasteiger partial charge in [0.1, 0.15) is 23.8 Å². The Hall–Kier alpha value is -2.82. The smallest absolute Gasteiger partial charge is 0.379 e. The Bertz CT molecular complexity index is 886. The predicted molar refractivity (Wildman–Crippen MR) is 84.4 cm³/mol. The van der Waals surface area contributed by atoms with E-state index in [9.17, 15) is 9.18 Å². The van der Waals surface area contributed by atoms with Gasteiger partial charge in [-0.1, -0.05) is 18.2 Å². The van der Waals surface area contributed by atoms with Crippen LogP contribution in [0.4, 0.5) is 4.39 Å². The van der Waals surface area contributed by atoms with Crippen LogP contribution in [0.2, 0.25) is 0 Å². The average molecular weight is 314 g/mol. The molecule has 0 radical (unpaired) electrons. The van der Waals surface area contributed by atoms with Crippen LogP contribution in [0.25, 0.3) is 11.0 Å². The SMILES string of the molecule is CCOc1cc2ccc(OCc3ccccc3F)cc2oc1=O. The van der Waals surface area contributed by atoms with Crippen LogP contribution in [0, 0.1) is 5.82 Å². The number of halogens is 1. The van der Waals surface area contributed by atoms with Gasteiger partial charge in [-0.2, -0.15) is 0 Å². The third-order valence-corrected chi connectivity index (χ3v) is 3.33. The first-order chi connectivity index (χ1) is 11.2. The zero-order valence-electron chi connectivity index (χ0n) is 12.5. The lowest BCUT2D eigenvalue weighted by atomic mass is 10.2. The first-order valence-electron chi connectivity index (χ1n) is 7.24. The number of ether oxygens (including phenoxy) is 2. The fourth-order valence-corrected chi connectivity index (χ4v) is 2.20. The summed E-state index contributed by atoms with van der Waals surface area (Å²) in [4.78, 5) is 11.8. The summed E-state index contributed by atoms with van der Waals surface area (Å²) < 4.78 is 29.6. The minimum atomic E-state index is -0.536. The molecule has 1 aromatic heterocycles. The highest BCUT2D eigenvalue weighted by molar-refractivity contribution is 5.79. The molecular formula is C18H15FO4. The van der Waals surface area contributed by atoms with E-state index >= 15 is 0 Å². The van der Waals surface area contributed by atoms with Crippen molar-refractivity contribution in [2.75, 3.05) is 6.61 Å². The van der Waals surface area contributed by atoms with Crippen molar-refractivity contribution in [1.82, 2.24) is 0 Å². The van der Waals surface area contributed by atoms with Gasteiger partial charge in [0.15, 0.2) is 0 Å². The third-order valence-electron chi connectivity index (χ3n) is 3.33. The third kappa shape index (κ3) is 3.34. The number of hydrogen-bond acceptors (Lipinski definition) is 4. The summed E-state index contributed by atoms with van der Waals surface area (Å²) >= 11 is 0. The molecule has 0 bridgehead atoms. The van der Waals surface area contributed by atoms with Gasteiger partial charge in [-0.3, -0.25) is 0 Å². The zero-order chi connectivity index (χ0) is 16.2. The summed E-state index contributed by atoms with van der Waals surface area (Å²) in [7, 11) is 0. The maximum Gasteiger partial charge on any atom is 0.379 e. The molecule has 0 spiro atoms. The topological polar surface area (TPSA) is 48.7 Å². The Balaban J connectivity index is 1.84. The van der Waals surface area contributed by atoms with E-state index in [0.29, 0.717) is 23.5 Å². The highest BCUT2D eigenvalue weighted by Crippen LogP contribution is 2.23. The first kappa shape index (κ1) is 15.1. The maximum absolute atomic E-state index is 13.6. The molecule has 0 unspecified atom stereocenters. The lowest BCUT2D eigenvalue weighted by molar-refractivity contribution is 0.299. The fraction of sp³-hybridized carbons (Fsp3) is 0.167. The molecule has 0 aliphatic heterocycles. The van der Waals surface area contributed by atoms with Crippen LogP contribution in [0.5, 0.6) is 11.5 Å². The Morgan fingerprint density at radius 2 is 1.91 bits per heavy atom. The van der Waals surface area contributed by atoms with Crippen LogP contribution in [-0.2, 0) is 6.61 Å². The van der Waals surface area contributed by atoms with E-state index in [0.717, 1.165) is 5.39 Å². The molecule has 4 nitrogen and oxygen atoms in total. The monoisotopic (exact) mass is 314 g/mol. The molecule has 0 aliphatic rings. The molecule has 0 aliphatic carbocycles. The summed E-state index contributed by atoms with van der Waals surface area (Å²) in [5.74, 6) is 0.356. The molecule has 0 atom stereocenters. The quantitative estimate of drug-likeness (QED) is 0.670. The molecule has 5 heteroatoms. The van der Waals surface area contributed by atoms with E-state index in [-0.39, 0.29) is 18.2 Å². The highest BCUT2D eigenvalue weighted by Gasteiger charge is 2.08. The van der Waals surface area contributed by atoms with Gasteiger partial charge in [-0.15, -0.1) is 0 Å². The maximum atomic E-state index is 13.6. The van der Waals surface area contributed by atoms with Gasteiger partial charge in [-0.25, -0.2) is 9.18 Å². The minimum absolute atomic E-state index is 0.0967. The Labute approximate surface area is 132 Å². The largest absolute Gasteiger partial charge is 0.489 e. The summed E-state index contributed by atoms with van der Waals surface area (Å²) in [5.41, 5.74) is 0.316. The van der Waals surface area contributed by atoms with E-state index in [2.05, 4.69) is 0 Å². The van der Waals surface area contributed by atoms with Gasteiger partial charge >= 0.3 is 5.63 Å². The average Bonchev–Trinajstić information content (AvgIpc) is 2.55. The van der Waals surface area contributed by atoms with Crippen molar-refractivity contribution in [1.29, 1.82) is 0 Å². The summed E-state index contributed by atoms with van der Waals surface area (Å²) in [6.45, 7) is 2.28. The molecule has 23 heavy (non-hydrogen) atoms. The number of benzene rings is 2. The molecule has 3 aromatic rings. The molecule has 0 amide bonds. The molecule has 0 fully saturated rings. The van der Waals surface area contributed by atoms with E-state index in [1.54, 1.807) is 49.4 Å². The lowest BCUT2D eigenvalue weighted by Crippen LogP contribution is -2.06. The second-order valence-electron chi connectivity index (χ2n) is 4.91. The predicted octanol–water partition coefficient (Wildman–Crippen LogP) is 3.91. The molecule has 3 rings (SSSR count). The van der Waals surface area contributed by atoms with Gasteiger partial charge in [-0.05, 0) is 31.2 Å². The van der Waals surface area contributed by atoms with Crippen molar-refractivity contribution in [3.63, 3.8) is 0 Å². The van der Waals surface area contributed by atoms with Crippen molar-refractivity contribution >= 4 is 11.0 Å². The lowest BCUT2D eigenvalue weighted by Gasteiger charge is -2.08. The fourth-order valence-electron chi connectivity index (χ4n) is 2.20. The molecule has 0 N–H and O–H groups in total. The summed E-state index contributed by atoms with van der Waals surface area (Å²) in [5, 5.41) is 0.728. The Morgan fingerprint density at radius 3 is 2.70 bits per heavy atom. The Morgan fingerprint density at radius 1 is 1.09 bits per heavy atom. The van der Waals surface area contributed by atoms with E-state index in [1.807, 2.05) is 0 Å². The molecule has 0 saturated heterocycles. The van der Waals surface area contributed by atoms with Gasteiger partial charge < -0.3 is 13.9 Å². The summed E-state index contributed by atoms with van der Waals surface area (Å²) in [6, 6.07) is 13.1. The number of hydrogen-bond donors (Lipinski definition) is 0. The van der Waals surface area contributed by atoms with Gasteiger partial charge in [0, 0.05) is 17.0 Å². The molecule has 118 valence electrons. The molecule has 2 aromatic carbocycles. The normalized spacial score (nSPS) is 10.7. The van der Waals surface area contributed by atoms with Crippen LogP contribution in [0.3, 0.4) is 0 Å². The number of rotatable bonds is 5. The minimum Gasteiger partial charge on any atom is -0.489 e. The van der Waals surface area contributed by atoms with Crippen LogP contribution < -0.4 is 15.1 Å². The number of fused-ring (bicyclic) bond motifs is 1. The second kappa shape index (κ2) is 6.52. The first-order valence-corrected chi connectivity index (χ1v) is 7.24. The Kier molecular flexibility index (Phi) is 4.28. The van der Waals surface area contributed by atoms with Crippen LogP contribution in [0.15, 0.2) is 57.7 Å². The van der Waals surface area contributed by atoms with Gasteiger partial charge in [0.25, 0.3) is 0 Å². The van der Waals surface area contributed by atoms with Crippen molar-refractivity contribution in [3.8, 4) is 11.5 Å². The van der Waals surface area contributed by atoms with Gasteiger partial charge in [0.2, 0.25) is 5.75 Å².